The van der Waals surface area contributed by atoms with Crippen molar-refractivity contribution >= 4 is 12.4 Å². The van der Waals surface area contributed by atoms with Gasteiger partial charge in [0, 0.05) is 31.8 Å². The SMILES string of the molecule is COCCOc1cc2c(cc1CN1CCC(C)(CN)C1)OCO2.Cl. The number of methoxy groups -OCH3 is 1. The van der Waals surface area contributed by atoms with Crippen LogP contribution in [-0.4, -0.2) is 51.7 Å². The second-order valence-electron chi connectivity index (χ2n) is 6.63. The summed E-state index contributed by atoms with van der Waals surface area (Å²) in [5.74, 6) is 2.38. The lowest BCUT2D eigenvalue weighted by atomic mass is 9.90. The fourth-order valence-corrected chi connectivity index (χ4v) is 3.13. The van der Waals surface area contributed by atoms with Crippen molar-refractivity contribution in [1.29, 1.82) is 0 Å². The van der Waals surface area contributed by atoms with Crippen molar-refractivity contribution in [2.24, 2.45) is 11.1 Å². The van der Waals surface area contributed by atoms with E-state index in [0.717, 1.165) is 55.4 Å². The van der Waals surface area contributed by atoms with Crippen LogP contribution < -0.4 is 19.9 Å². The van der Waals surface area contributed by atoms with Gasteiger partial charge >= 0.3 is 0 Å². The Morgan fingerprint density at radius 2 is 2.00 bits per heavy atom. The monoisotopic (exact) mass is 358 g/mol. The molecule has 0 aliphatic carbocycles. The molecule has 1 fully saturated rings. The van der Waals surface area contributed by atoms with Crippen LogP contribution in [0.2, 0.25) is 0 Å². The molecule has 0 aromatic heterocycles. The van der Waals surface area contributed by atoms with Gasteiger partial charge in [0.25, 0.3) is 0 Å². The first-order valence-corrected chi connectivity index (χ1v) is 8.10. The number of rotatable bonds is 7. The average molecular weight is 359 g/mol. The van der Waals surface area contributed by atoms with Gasteiger partial charge in [-0.2, -0.15) is 0 Å². The highest BCUT2D eigenvalue weighted by atomic mass is 35.5. The van der Waals surface area contributed by atoms with Crippen molar-refractivity contribution in [3.63, 3.8) is 0 Å². The number of ether oxygens (including phenoxy) is 4. The smallest absolute Gasteiger partial charge is 0.231 e. The molecule has 1 unspecified atom stereocenters. The van der Waals surface area contributed by atoms with Crippen LogP contribution in [0.25, 0.3) is 0 Å². The van der Waals surface area contributed by atoms with Gasteiger partial charge < -0.3 is 24.7 Å². The highest BCUT2D eigenvalue weighted by molar-refractivity contribution is 5.85. The van der Waals surface area contributed by atoms with E-state index >= 15 is 0 Å². The molecule has 1 aromatic carbocycles. The first-order chi connectivity index (χ1) is 11.1. The van der Waals surface area contributed by atoms with Gasteiger partial charge in [0.05, 0.1) is 6.61 Å². The molecule has 3 rings (SSSR count). The van der Waals surface area contributed by atoms with E-state index < -0.39 is 0 Å². The molecule has 1 saturated heterocycles. The zero-order valence-electron chi connectivity index (χ0n) is 14.4. The van der Waals surface area contributed by atoms with Gasteiger partial charge in [-0.05, 0) is 31.0 Å². The maximum Gasteiger partial charge on any atom is 0.231 e. The van der Waals surface area contributed by atoms with Crippen molar-refractivity contribution in [3.05, 3.63) is 17.7 Å². The van der Waals surface area contributed by atoms with Crippen LogP contribution in [0.4, 0.5) is 0 Å². The summed E-state index contributed by atoms with van der Waals surface area (Å²) in [6.07, 6.45) is 1.13. The summed E-state index contributed by atoms with van der Waals surface area (Å²) in [6, 6.07) is 3.95. The Morgan fingerprint density at radius 1 is 1.25 bits per heavy atom. The third-order valence-electron chi connectivity index (χ3n) is 4.62. The average Bonchev–Trinajstić information content (AvgIpc) is 3.14. The van der Waals surface area contributed by atoms with Gasteiger partial charge in [-0.15, -0.1) is 12.4 Å². The number of hydrogen-bond acceptors (Lipinski definition) is 6. The summed E-state index contributed by atoms with van der Waals surface area (Å²) in [4.78, 5) is 2.42. The van der Waals surface area contributed by atoms with Crippen LogP contribution in [0.1, 0.15) is 18.9 Å². The zero-order valence-corrected chi connectivity index (χ0v) is 15.2. The van der Waals surface area contributed by atoms with Gasteiger partial charge in [0.1, 0.15) is 12.4 Å². The Labute approximate surface area is 149 Å². The van der Waals surface area contributed by atoms with E-state index in [9.17, 15) is 0 Å². The molecule has 0 radical (unpaired) electrons. The molecule has 2 aliphatic rings. The Kier molecular flexibility index (Phi) is 6.57. The van der Waals surface area contributed by atoms with Crippen LogP contribution >= 0.6 is 12.4 Å². The van der Waals surface area contributed by atoms with Crippen molar-refractivity contribution in [3.8, 4) is 17.2 Å². The molecule has 0 bridgehead atoms. The normalized spacial score (nSPS) is 22.5. The molecule has 2 aliphatic heterocycles. The molecule has 0 saturated carbocycles. The summed E-state index contributed by atoms with van der Waals surface area (Å²) in [5, 5.41) is 0. The Morgan fingerprint density at radius 3 is 2.67 bits per heavy atom. The number of fused-ring (bicyclic) bond motifs is 1. The van der Waals surface area contributed by atoms with Crippen molar-refractivity contribution in [2.75, 3.05) is 46.8 Å². The molecular weight excluding hydrogens is 332 g/mol. The van der Waals surface area contributed by atoms with Gasteiger partial charge in [0.2, 0.25) is 6.79 Å². The molecule has 0 spiro atoms. The predicted molar refractivity (Wildman–Crippen MR) is 94.2 cm³/mol. The van der Waals surface area contributed by atoms with Crippen molar-refractivity contribution < 1.29 is 18.9 Å². The standard InChI is InChI=1S/C17H26N2O4.ClH/c1-17(10-18)3-4-19(11-17)9-13-7-15-16(23-12-22-15)8-14(13)21-6-5-20-2;/h7-8H,3-6,9-12,18H2,1-2H3;1H. The van der Waals surface area contributed by atoms with Gasteiger partial charge in [-0.3, -0.25) is 4.90 Å². The minimum atomic E-state index is 0. The minimum Gasteiger partial charge on any atom is -0.491 e. The third-order valence-corrected chi connectivity index (χ3v) is 4.62. The number of nitrogens with two attached hydrogens (primary N) is 1. The Hall–Kier alpha value is -1.21. The number of hydrogen-bond donors (Lipinski definition) is 1. The van der Waals surface area contributed by atoms with E-state index in [0.29, 0.717) is 13.2 Å². The van der Waals surface area contributed by atoms with Crippen molar-refractivity contribution in [1.82, 2.24) is 4.90 Å². The quantitative estimate of drug-likeness (QED) is 0.752. The largest absolute Gasteiger partial charge is 0.491 e. The van der Waals surface area contributed by atoms with Crippen LogP contribution in [0.15, 0.2) is 12.1 Å². The molecule has 7 heteroatoms. The summed E-state index contributed by atoms with van der Waals surface area (Å²) in [7, 11) is 1.67. The van der Waals surface area contributed by atoms with Crippen LogP contribution in [-0.2, 0) is 11.3 Å². The lowest BCUT2D eigenvalue weighted by Gasteiger charge is -2.23. The topological polar surface area (TPSA) is 66.2 Å². The van der Waals surface area contributed by atoms with E-state index in [-0.39, 0.29) is 24.6 Å². The van der Waals surface area contributed by atoms with Crippen molar-refractivity contribution in [2.45, 2.75) is 19.9 Å². The molecule has 2 N–H and O–H groups in total. The Bertz CT molecular complexity index is 558. The molecule has 2 heterocycles. The predicted octanol–water partition coefficient (Wildman–Crippen LogP) is 2.03. The number of nitrogens with zero attached hydrogens (tertiary/aromatic N) is 1. The van der Waals surface area contributed by atoms with E-state index in [4.69, 9.17) is 24.7 Å². The van der Waals surface area contributed by atoms with Gasteiger partial charge in [0.15, 0.2) is 11.5 Å². The fraction of sp³-hybridized carbons (Fsp3) is 0.647. The molecule has 24 heavy (non-hydrogen) atoms. The highest BCUT2D eigenvalue weighted by Crippen LogP contribution is 2.39. The van der Waals surface area contributed by atoms with Crippen LogP contribution in [0, 0.1) is 5.41 Å². The second-order valence-corrected chi connectivity index (χ2v) is 6.63. The summed E-state index contributed by atoms with van der Waals surface area (Å²) >= 11 is 0. The van der Waals surface area contributed by atoms with E-state index in [1.807, 2.05) is 12.1 Å². The van der Waals surface area contributed by atoms with Crippen LogP contribution in [0.5, 0.6) is 17.2 Å². The fourth-order valence-electron chi connectivity index (χ4n) is 3.13. The minimum absolute atomic E-state index is 0. The lowest BCUT2D eigenvalue weighted by molar-refractivity contribution is 0.144. The molecular formula is C17H27ClN2O4. The lowest BCUT2D eigenvalue weighted by Crippen LogP contribution is -2.31. The number of halogens is 1. The first-order valence-electron chi connectivity index (χ1n) is 8.10. The van der Waals surface area contributed by atoms with Gasteiger partial charge in [-0.1, -0.05) is 6.92 Å². The summed E-state index contributed by atoms with van der Waals surface area (Å²) < 4.78 is 21.9. The summed E-state index contributed by atoms with van der Waals surface area (Å²) in [5.41, 5.74) is 7.24. The molecule has 6 nitrogen and oxygen atoms in total. The zero-order chi connectivity index (χ0) is 16.3. The molecule has 1 atom stereocenters. The van der Waals surface area contributed by atoms with E-state index in [1.165, 1.54) is 0 Å². The van der Waals surface area contributed by atoms with Crippen LogP contribution in [0.3, 0.4) is 0 Å². The Balaban J connectivity index is 0.00000208. The molecule has 0 amide bonds. The number of likely N-dealkylation sites (tertiary alicyclic amines) is 1. The summed E-state index contributed by atoms with van der Waals surface area (Å²) in [6.45, 7) is 7.21. The maximum atomic E-state index is 5.91. The highest BCUT2D eigenvalue weighted by Gasteiger charge is 2.33. The van der Waals surface area contributed by atoms with Gasteiger partial charge in [-0.25, -0.2) is 0 Å². The van der Waals surface area contributed by atoms with E-state index in [1.54, 1.807) is 7.11 Å². The third kappa shape index (κ3) is 4.25. The first kappa shape index (κ1) is 19.1. The maximum absolute atomic E-state index is 5.91. The van der Waals surface area contributed by atoms with E-state index in [2.05, 4.69) is 11.8 Å². The second kappa shape index (κ2) is 8.25. The molecule has 136 valence electrons. The number of benzene rings is 1. The molecule has 1 aromatic rings.